The Kier molecular flexibility index (Phi) is 5.63. The van der Waals surface area contributed by atoms with Crippen molar-refractivity contribution in [2.45, 2.75) is 39.7 Å². The second-order valence-corrected chi connectivity index (χ2v) is 6.30. The number of aromatic nitrogens is 4. The Hall–Kier alpha value is -1.73. The molecule has 0 atom stereocenters. The Bertz CT molecular complexity index is 646. The fourth-order valence-electron chi connectivity index (χ4n) is 3.26. The third-order valence-electron chi connectivity index (χ3n) is 4.88. The molecule has 132 valence electrons. The average molecular weight is 332 g/mol. The maximum atomic E-state index is 6.07. The molecule has 24 heavy (non-hydrogen) atoms. The topological polar surface area (TPSA) is 58.8 Å². The van der Waals surface area contributed by atoms with Crippen LogP contribution in [-0.4, -0.2) is 69.9 Å². The first kappa shape index (κ1) is 17.1. The van der Waals surface area contributed by atoms with Crippen LogP contribution in [0.5, 0.6) is 0 Å². The van der Waals surface area contributed by atoms with E-state index in [9.17, 15) is 0 Å². The molecule has 0 aliphatic carbocycles. The highest BCUT2D eigenvalue weighted by Crippen LogP contribution is 2.21. The van der Waals surface area contributed by atoms with Gasteiger partial charge in [0.05, 0.1) is 12.7 Å². The van der Waals surface area contributed by atoms with Gasteiger partial charge < -0.3 is 14.5 Å². The molecule has 1 fully saturated rings. The highest BCUT2D eigenvalue weighted by molar-refractivity contribution is 5.51. The van der Waals surface area contributed by atoms with Gasteiger partial charge in [-0.15, -0.1) is 10.2 Å². The van der Waals surface area contributed by atoms with Crippen LogP contribution in [-0.2, 0) is 4.74 Å². The van der Waals surface area contributed by atoms with E-state index in [0.29, 0.717) is 6.10 Å². The minimum atomic E-state index is 0.370. The van der Waals surface area contributed by atoms with E-state index in [1.54, 1.807) is 6.33 Å². The molecule has 3 heterocycles. The van der Waals surface area contributed by atoms with Crippen molar-refractivity contribution in [2.75, 3.05) is 44.2 Å². The molecule has 0 spiro atoms. The predicted molar refractivity (Wildman–Crippen MR) is 94.5 cm³/mol. The Balaban J connectivity index is 1.51. The SMILES string of the molecule is CCN(CC)CCOC1CCN(c2cc3nncn3c(C)n2)CC1. The van der Waals surface area contributed by atoms with Crippen LogP contribution in [0.2, 0.25) is 0 Å². The number of ether oxygens (including phenoxy) is 1. The zero-order chi connectivity index (χ0) is 16.9. The lowest BCUT2D eigenvalue weighted by atomic mass is 10.1. The first-order chi connectivity index (χ1) is 11.7. The van der Waals surface area contributed by atoms with Gasteiger partial charge in [0.25, 0.3) is 0 Å². The van der Waals surface area contributed by atoms with E-state index in [0.717, 1.165) is 69.5 Å². The molecule has 0 bridgehead atoms. The Morgan fingerprint density at radius 1 is 1.25 bits per heavy atom. The standard InChI is InChI=1S/C17H28N6O/c1-4-21(5-2)10-11-24-15-6-8-22(9-7-15)16-12-17-20-18-13-23(17)14(3)19-16/h12-13,15H,4-11H2,1-3H3. The number of anilines is 1. The van der Waals surface area contributed by atoms with Crippen molar-refractivity contribution in [3.63, 3.8) is 0 Å². The second kappa shape index (κ2) is 7.90. The molecular formula is C17H28N6O. The molecule has 7 heteroatoms. The number of fused-ring (bicyclic) bond motifs is 1. The second-order valence-electron chi connectivity index (χ2n) is 6.30. The van der Waals surface area contributed by atoms with E-state index in [4.69, 9.17) is 9.72 Å². The minimum Gasteiger partial charge on any atom is -0.377 e. The van der Waals surface area contributed by atoms with Gasteiger partial charge in [0, 0.05) is 25.7 Å². The normalized spacial score (nSPS) is 16.4. The third-order valence-corrected chi connectivity index (χ3v) is 4.88. The number of aryl methyl sites for hydroxylation is 1. The van der Waals surface area contributed by atoms with Gasteiger partial charge in [-0.3, -0.25) is 4.40 Å². The van der Waals surface area contributed by atoms with Crippen LogP contribution in [0.15, 0.2) is 12.4 Å². The third kappa shape index (κ3) is 3.84. The molecule has 0 amide bonds. The van der Waals surface area contributed by atoms with Crippen molar-refractivity contribution in [3.05, 3.63) is 18.2 Å². The molecule has 0 radical (unpaired) electrons. The monoisotopic (exact) mass is 332 g/mol. The maximum absolute atomic E-state index is 6.07. The predicted octanol–water partition coefficient (Wildman–Crippen LogP) is 1.76. The quantitative estimate of drug-likeness (QED) is 0.770. The summed E-state index contributed by atoms with van der Waals surface area (Å²) in [4.78, 5) is 9.41. The summed E-state index contributed by atoms with van der Waals surface area (Å²) in [5.74, 6) is 1.92. The molecule has 0 aromatic carbocycles. The Labute approximate surface area is 143 Å². The lowest BCUT2D eigenvalue weighted by Crippen LogP contribution is -2.38. The number of rotatable bonds is 7. The molecule has 0 saturated carbocycles. The lowest BCUT2D eigenvalue weighted by molar-refractivity contribution is 0.0249. The van der Waals surface area contributed by atoms with Crippen LogP contribution in [0.3, 0.4) is 0 Å². The van der Waals surface area contributed by atoms with Gasteiger partial charge in [0.15, 0.2) is 5.65 Å². The Morgan fingerprint density at radius 2 is 2.00 bits per heavy atom. The molecular weight excluding hydrogens is 304 g/mol. The molecule has 1 aliphatic heterocycles. The first-order valence-corrected chi connectivity index (χ1v) is 8.97. The number of likely N-dealkylation sites (N-methyl/N-ethyl adjacent to an activating group) is 1. The number of nitrogens with zero attached hydrogens (tertiary/aromatic N) is 6. The van der Waals surface area contributed by atoms with Gasteiger partial charge in [0.2, 0.25) is 0 Å². The van der Waals surface area contributed by atoms with Gasteiger partial charge in [0.1, 0.15) is 18.0 Å². The van der Waals surface area contributed by atoms with Gasteiger partial charge in [-0.2, -0.15) is 0 Å². The van der Waals surface area contributed by atoms with Gasteiger partial charge in [-0.25, -0.2) is 4.98 Å². The highest BCUT2D eigenvalue weighted by atomic mass is 16.5. The molecule has 2 aromatic heterocycles. The van der Waals surface area contributed by atoms with Crippen LogP contribution < -0.4 is 4.90 Å². The van der Waals surface area contributed by atoms with Crippen LogP contribution in [0.1, 0.15) is 32.5 Å². The van der Waals surface area contributed by atoms with E-state index in [1.165, 1.54) is 0 Å². The van der Waals surface area contributed by atoms with E-state index < -0.39 is 0 Å². The molecule has 2 aromatic rings. The van der Waals surface area contributed by atoms with Crippen molar-refractivity contribution in [1.82, 2.24) is 24.5 Å². The number of hydrogen-bond acceptors (Lipinski definition) is 6. The van der Waals surface area contributed by atoms with Crippen LogP contribution in [0.25, 0.3) is 5.65 Å². The van der Waals surface area contributed by atoms with Crippen molar-refractivity contribution in [2.24, 2.45) is 0 Å². The summed E-state index contributed by atoms with van der Waals surface area (Å²) in [6.45, 7) is 12.4. The van der Waals surface area contributed by atoms with Crippen LogP contribution in [0.4, 0.5) is 5.82 Å². The first-order valence-electron chi connectivity index (χ1n) is 8.97. The smallest absolute Gasteiger partial charge is 0.165 e. The van der Waals surface area contributed by atoms with E-state index in [2.05, 4.69) is 33.8 Å². The van der Waals surface area contributed by atoms with Crippen molar-refractivity contribution in [3.8, 4) is 0 Å². The summed E-state index contributed by atoms with van der Waals surface area (Å²) in [5.41, 5.74) is 0.857. The Morgan fingerprint density at radius 3 is 2.71 bits per heavy atom. The van der Waals surface area contributed by atoms with Gasteiger partial charge >= 0.3 is 0 Å². The maximum Gasteiger partial charge on any atom is 0.165 e. The lowest BCUT2D eigenvalue weighted by Gasteiger charge is -2.33. The zero-order valence-corrected chi connectivity index (χ0v) is 15.0. The highest BCUT2D eigenvalue weighted by Gasteiger charge is 2.21. The molecule has 7 nitrogen and oxygen atoms in total. The summed E-state index contributed by atoms with van der Waals surface area (Å²) in [7, 11) is 0. The summed E-state index contributed by atoms with van der Waals surface area (Å²) in [5, 5.41) is 8.09. The summed E-state index contributed by atoms with van der Waals surface area (Å²) < 4.78 is 7.98. The van der Waals surface area contributed by atoms with E-state index >= 15 is 0 Å². The molecule has 0 N–H and O–H groups in total. The fourth-order valence-corrected chi connectivity index (χ4v) is 3.26. The van der Waals surface area contributed by atoms with Crippen molar-refractivity contribution in [1.29, 1.82) is 0 Å². The molecule has 1 aliphatic rings. The number of piperidine rings is 1. The van der Waals surface area contributed by atoms with Crippen molar-refractivity contribution < 1.29 is 4.74 Å². The summed E-state index contributed by atoms with van der Waals surface area (Å²) >= 11 is 0. The largest absolute Gasteiger partial charge is 0.377 e. The fraction of sp³-hybridized carbons (Fsp3) is 0.706. The van der Waals surface area contributed by atoms with Gasteiger partial charge in [-0.1, -0.05) is 13.8 Å². The van der Waals surface area contributed by atoms with Crippen molar-refractivity contribution >= 4 is 11.5 Å². The van der Waals surface area contributed by atoms with Crippen LogP contribution in [0, 0.1) is 6.92 Å². The average Bonchev–Trinajstić information content (AvgIpc) is 3.08. The molecule has 3 rings (SSSR count). The van der Waals surface area contributed by atoms with Gasteiger partial charge in [-0.05, 0) is 32.9 Å². The van der Waals surface area contributed by atoms with E-state index in [1.807, 2.05) is 17.4 Å². The van der Waals surface area contributed by atoms with E-state index in [-0.39, 0.29) is 0 Å². The summed E-state index contributed by atoms with van der Waals surface area (Å²) in [6, 6.07) is 2.02. The zero-order valence-electron chi connectivity index (χ0n) is 15.0. The minimum absolute atomic E-state index is 0.370. The molecule has 1 saturated heterocycles. The van der Waals surface area contributed by atoms with Crippen LogP contribution >= 0.6 is 0 Å². The summed E-state index contributed by atoms with van der Waals surface area (Å²) in [6.07, 6.45) is 4.18. The number of hydrogen-bond donors (Lipinski definition) is 0. The molecule has 0 unspecified atom stereocenters.